The number of halogens is 1. The van der Waals surface area contributed by atoms with E-state index >= 15 is 0 Å². The molecular weight excluding hydrogens is 458 g/mol. The molecule has 1 aliphatic heterocycles. The number of hydrogen-bond donors (Lipinski definition) is 1. The number of aromatic nitrogens is 7. The van der Waals surface area contributed by atoms with Crippen LogP contribution in [0.15, 0.2) is 55.4 Å². The second-order valence-electron chi connectivity index (χ2n) is 7.73. The van der Waals surface area contributed by atoms with Crippen molar-refractivity contribution in [3.63, 3.8) is 0 Å². The number of benzene rings is 1. The molecule has 0 spiro atoms. The third-order valence-corrected chi connectivity index (χ3v) is 5.82. The Hall–Kier alpha value is -4.09. The topological polar surface area (TPSA) is 115 Å². The summed E-state index contributed by atoms with van der Waals surface area (Å²) in [6.45, 7) is 1.32. The summed E-state index contributed by atoms with van der Waals surface area (Å²) in [7, 11) is 1.95. The van der Waals surface area contributed by atoms with E-state index in [1.807, 2.05) is 18.0 Å². The summed E-state index contributed by atoms with van der Waals surface area (Å²) in [4.78, 5) is 23.9. The van der Waals surface area contributed by atoms with Gasteiger partial charge in [0.25, 0.3) is 0 Å². The molecule has 6 rings (SSSR count). The van der Waals surface area contributed by atoms with Crippen LogP contribution in [-0.2, 0) is 4.74 Å². The number of hydrogen-bond acceptors (Lipinski definition) is 10. The van der Waals surface area contributed by atoms with Crippen molar-refractivity contribution in [1.29, 1.82) is 0 Å². The van der Waals surface area contributed by atoms with Gasteiger partial charge in [0, 0.05) is 25.0 Å². The van der Waals surface area contributed by atoms with E-state index in [-0.39, 0.29) is 6.04 Å². The Morgan fingerprint density at radius 1 is 1.12 bits per heavy atom. The van der Waals surface area contributed by atoms with E-state index in [1.54, 1.807) is 41.2 Å². The van der Waals surface area contributed by atoms with Crippen LogP contribution < -0.4 is 15.0 Å². The van der Waals surface area contributed by atoms with Crippen LogP contribution in [0.2, 0.25) is 5.02 Å². The number of pyridine rings is 1. The third kappa shape index (κ3) is 3.80. The zero-order valence-electron chi connectivity index (χ0n) is 18.0. The van der Waals surface area contributed by atoms with Gasteiger partial charge in [-0.25, -0.2) is 29.4 Å². The monoisotopic (exact) mass is 475 g/mol. The number of likely N-dealkylation sites (N-methyl/N-ethyl adjacent to an activating group) is 1. The van der Waals surface area contributed by atoms with Crippen molar-refractivity contribution in [2.45, 2.75) is 6.04 Å². The minimum Gasteiger partial charge on any atom is -0.456 e. The van der Waals surface area contributed by atoms with Gasteiger partial charge < -0.3 is 19.7 Å². The lowest BCUT2D eigenvalue weighted by Gasteiger charge is -2.34. The third-order valence-electron chi connectivity index (χ3n) is 5.52. The summed E-state index contributed by atoms with van der Waals surface area (Å²) in [5.74, 6) is 2.26. The first-order valence-electron chi connectivity index (χ1n) is 10.5. The molecule has 1 aromatic carbocycles. The molecule has 12 heteroatoms. The van der Waals surface area contributed by atoms with Gasteiger partial charge in [-0.3, -0.25) is 0 Å². The van der Waals surface area contributed by atoms with Gasteiger partial charge in [-0.2, -0.15) is 5.10 Å². The summed E-state index contributed by atoms with van der Waals surface area (Å²) in [5, 5.41) is 7.79. The maximum absolute atomic E-state index is 6.51. The van der Waals surface area contributed by atoms with Crippen LogP contribution in [0.4, 0.5) is 17.5 Å². The van der Waals surface area contributed by atoms with Crippen molar-refractivity contribution in [1.82, 2.24) is 34.5 Å². The molecule has 1 fully saturated rings. The number of fused-ring (bicyclic) bond motifs is 2. The molecule has 0 amide bonds. The minimum atomic E-state index is 0.260. The number of nitrogens with zero attached hydrogens (tertiary/aromatic N) is 8. The van der Waals surface area contributed by atoms with Gasteiger partial charge in [0.2, 0.25) is 5.95 Å². The molecule has 0 bridgehead atoms. The highest BCUT2D eigenvalue weighted by molar-refractivity contribution is 6.32. The summed E-state index contributed by atoms with van der Waals surface area (Å²) in [5.41, 5.74) is 2.65. The van der Waals surface area contributed by atoms with Crippen LogP contribution in [0.5, 0.6) is 11.5 Å². The number of rotatable bonds is 6. The standard InChI is InChI=1S/C22H18ClN9O2/c1-31(14-9-33-10-14)22-24-8-17-20(30-22)21(27-11-25-17)29-13-2-3-18(16(23)6-13)34-15-4-5-32-19(7-15)26-12-28-32/h2-8,11-12,14H,9-10H2,1H3,(H,25,27,29). The molecule has 0 unspecified atom stereocenters. The van der Waals surface area contributed by atoms with Crippen molar-refractivity contribution in [3.05, 3.63) is 60.4 Å². The molecule has 1 N–H and O–H groups in total. The molecule has 5 heterocycles. The molecule has 5 aromatic rings. The van der Waals surface area contributed by atoms with Gasteiger partial charge in [0.05, 0.1) is 30.5 Å². The zero-order valence-corrected chi connectivity index (χ0v) is 18.7. The van der Waals surface area contributed by atoms with Gasteiger partial charge >= 0.3 is 0 Å². The van der Waals surface area contributed by atoms with Crippen molar-refractivity contribution >= 4 is 45.7 Å². The Morgan fingerprint density at radius 2 is 2.03 bits per heavy atom. The Kier molecular flexibility index (Phi) is 5.04. The fraction of sp³-hybridized carbons (Fsp3) is 0.182. The smallest absolute Gasteiger partial charge is 0.226 e. The number of nitrogens with one attached hydrogen (secondary N) is 1. The van der Waals surface area contributed by atoms with Crippen LogP contribution in [0, 0.1) is 0 Å². The molecule has 0 atom stereocenters. The van der Waals surface area contributed by atoms with E-state index in [4.69, 9.17) is 26.1 Å². The Balaban J connectivity index is 1.25. The fourth-order valence-corrected chi connectivity index (χ4v) is 3.72. The highest BCUT2D eigenvalue weighted by Gasteiger charge is 2.25. The maximum atomic E-state index is 6.51. The number of ether oxygens (including phenoxy) is 2. The predicted octanol–water partition coefficient (Wildman–Crippen LogP) is 3.49. The maximum Gasteiger partial charge on any atom is 0.226 e. The lowest BCUT2D eigenvalue weighted by atomic mass is 10.2. The van der Waals surface area contributed by atoms with Gasteiger partial charge in [0.15, 0.2) is 11.5 Å². The van der Waals surface area contributed by atoms with Gasteiger partial charge in [-0.05, 0) is 24.3 Å². The predicted molar refractivity (Wildman–Crippen MR) is 126 cm³/mol. The van der Waals surface area contributed by atoms with E-state index in [0.717, 1.165) is 5.69 Å². The minimum absolute atomic E-state index is 0.260. The van der Waals surface area contributed by atoms with Crippen LogP contribution in [-0.4, -0.2) is 60.8 Å². The molecule has 11 nitrogen and oxygen atoms in total. The van der Waals surface area contributed by atoms with E-state index in [0.29, 0.717) is 58.2 Å². The molecule has 1 saturated heterocycles. The Bertz CT molecular complexity index is 1500. The van der Waals surface area contributed by atoms with Crippen molar-refractivity contribution in [2.24, 2.45) is 0 Å². The molecule has 170 valence electrons. The second kappa shape index (κ2) is 8.36. The first-order valence-corrected chi connectivity index (χ1v) is 10.8. The largest absolute Gasteiger partial charge is 0.456 e. The van der Waals surface area contributed by atoms with Crippen LogP contribution in [0.3, 0.4) is 0 Å². The molecule has 0 saturated carbocycles. The first kappa shape index (κ1) is 20.5. The van der Waals surface area contributed by atoms with Gasteiger partial charge in [-0.1, -0.05) is 11.6 Å². The molecule has 34 heavy (non-hydrogen) atoms. The van der Waals surface area contributed by atoms with E-state index in [1.165, 1.54) is 12.7 Å². The highest BCUT2D eigenvalue weighted by atomic mass is 35.5. The quantitative estimate of drug-likeness (QED) is 0.391. The fourth-order valence-electron chi connectivity index (χ4n) is 3.50. The molecule has 0 radical (unpaired) electrons. The lowest BCUT2D eigenvalue weighted by molar-refractivity contribution is 0.00963. The van der Waals surface area contributed by atoms with E-state index < -0.39 is 0 Å². The first-order chi connectivity index (χ1) is 16.6. The van der Waals surface area contributed by atoms with E-state index in [9.17, 15) is 0 Å². The molecule has 0 aliphatic carbocycles. The van der Waals surface area contributed by atoms with Crippen LogP contribution in [0.1, 0.15) is 0 Å². The molecule has 4 aromatic heterocycles. The Labute approximate surface area is 198 Å². The van der Waals surface area contributed by atoms with Crippen molar-refractivity contribution in [2.75, 3.05) is 30.5 Å². The Morgan fingerprint density at radius 3 is 2.85 bits per heavy atom. The lowest BCUT2D eigenvalue weighted by Crippen LogP contribution is -2.47. The SMILES string of the molecule is CN(c1ncc2ncnc(Nc3ccc(Oc4ccn5ncnc5c4)c(Cl)c3)c2n1)C1COC1. The summed E-state index contributed by atoms with van der Waals surface area (Å²) < 4.78 is 12.9. The van der Waals surface area contributed by atoms with Crippen LogP contribution >= 0.6 is 11.6 Å². The summed E-state index contributed by atoms with van der Waals surface area (Å²) in [6.07, 6.45) is 6.41. The van der Waals surface area contributed by atoms with Gasteiger partial charge in [0.1, 0.15) is 35.2 Å². The second-order valence-corrected chi connectivity index (χ2v) is 8.13. The number of anilines is 3. The average molecular weight is 476 g/mol. The molecular formula is C22H18ClN9O2. The van der Waals surface area contributed by atoms with E-state index in [2.05, 4.69) is 30.4 Å². The molecule has 1 aliphatic rings. The zero-order chi connectivity index (χ0) is 23.1. The summed E-state index contributed by atoms with van der Waals surface area (Å²) >= 11 is 6.51. The van der Waals surface area contributed by atoms with Crippen LogP contribution in [0.25, 0.3) is 16.7 Å². The highest BCUT2D eigenvalue weighted by Crippen LogP contribution is 2.33. The average Bonchev–Trinajstić information content (AvgIpc) is 3.28. The normalized spacial score (nSPS) is 13.7. The van der Waals surface area contributed by atoms with Crippen molar-refractivity contribution in [3.8, 4) is 11.5 Å². The van der Waals surface area contributed by atoms with Crippen molar-refractivity contribution < 1.29 is 9.47 Å². The summed E-state index contributed by atoms with van der Waals surface area (Å²) in [6, 6.07) is 9.24. The van der Waals surface area contributed by atoms with Gasteiger partial charge in [-0.15, -0.1) is 0 Å².